The van der Waals surface area contributed by atoms with Gasteiger partial charge in [-0.25, -0.2) is 0 Å². The molecule has 1 saturated carbocycles. The Morgan fingerprint density at radius 2 is 2.05 bits per heavy atom. The fourth-order valence-electron chi connectivity index (χ4n) is 2.87. The highest BCUT2D eigenvalue weighted by Crippen LogP contribution is 2.38. The van der Waals surface area contributed by atoms with Crippen LogP contribution in [0.15, 0.2) is 29.8 Å². The zero-order valence-corrected chi connectivity index (χ0v) is 12.8. The maximum absolute atomic E-state index is 12.6. The van der Waals surface area contributed by atoms with E-state index in [0.717, 1.165) is 30.4 Å². The average molecular weight is 287 g/mol. The predicted octanol–water partition coefficient (Wildman–Crippen LogP) is 4.39. The van der Waals surface area contributed by atoms with Gasteiger partial charge in [-0.15, -0.1) is 0 Å². The third kappa shape index (κ3) is 3.57. The lowest BCUT2D eigenvalue weighted by Gasteiger charge is -2.33. The molecule has 0 saturated heterocycles. The van der Waals surface area contributed by atoms with Crippen molar-refractivity contribution in [2.24, 2.45) is 11.3 Å². The summed E-state index contributed by atoms with van der Waals surface area (Å²) < 4.78 is 0. The molecule has 112 valence electrons. The van der Waals surface area contributed by atoms with Crippen LogP contribution in [0.25, 0.3) is 6.08 Å². The van der Waals surface area contributed by atoms with E-state index in [1.54, 1.807) is 12.1 Å². The van der Waals surface area contributed by atoms with Crippen molar-refractivity contribution in [3.05, 3.63) is 45.5 Å². The summed E-state index contributed by atoms with van der Waals surface area (Å²) in [5, 5.41) is 10.8. The second-order valence-corrected chi connectivity index (χ2v) is 6.70. The summed E-state index contributed by atoms with van der Waals surface area (Å²) in [6.45, 7) is 6.27. The molecule has 1 atom stereocenters. The Kier molecular flexibility index (Phi) is 4.26. The van der Waals surface area contributed by atoms with Crippen molar-refractivity contribution in [3.63, 3.8) is 0 Å². The fourth-order valence-corrected chi connectivity index (χ4v) is 2.87. The monoisotopic (exact) mass is 287 g/mol. The second kappa shape index (κ2) is 5.80. The van der Waals surface area contributed by atoms with Gasteiger partial charge in [0.25, 0.3) is 5.69 Å². The van der Waals surface area contributed by atoms with Gasteiger partial charge < -0.3 is 0 Å². The minimum atomic E-state index is -0.414. The van der Waals surface area contributed by atoms with E-state index in [2.05, 4.69) is 20.8 Å². The first kappa shape index (κ1) is 15.4. The molecule has 2 rings (SSSR count). The van der Waals surface area contributed by atoms with Gasteiger partial charge >= 0.3 is 0 Å². The molecule has 1 aromatic carbocycles. The smallest absolute Gasteiger partial charge is 0.270 e. The van der Waals surface area contributed by atoms with E-state index < -0.39 is 4.92 Å². The number of nitro groups is 1. The maximum Gasteiger partial charge on any atom is 0.270 e. The summed E-state index contributed by atoms with van der Waals surface area (Å²) in [5.74, 6) is 0.233. The Morgan fingerprint density at radius 3 is 2.67 bits per heavy atom. The van der Waals surface area contributed by atoms with Crippen LogP contribution in [0.5, 0.6) is 0 Å². The summed E-state index contributed by atoms with van der Waals surface area (Å²) in [5.41, 5.74) is 1.53. The Balaban J connectivity index is 2.30. The summed E-state index contributed by atoms with van der Waals surface area (Å²) >= 11 is 0. The first-order valence-electron chi connectivity index (χ1n) is 7.28. The van der Waals surface area contributed by atoms with Crippen LogP contribution >= 0.6 is 0 Å². The van der Waals surface area contributed by atoms with Gasteiger partial charge in [0.1, 0.15) is 0 Å². The van der Waals surface area contributed by atoms with E-state index in [1.165, 1.54) is 12.1 Å². The molecule has 4 nitrogen and oxygen atoms in total. The first-order chi connectivity index (χ1) is 9.79. The number of Topliss-reactive ketones (excluding diaryl/α,β-unsaturated/α-hetero) is 1. The third-order valence-electron chi connectivity index (χ3n) is 4.04. The standard InChI is InChI=1S/C17H21NO3/c1-17(2,3)15-9-5-7-13(16(15)19)10-12-6-4-8-14(11-12)18(20)21/h4,6,8,10-11,15H,5,7,9H2,1-3H3/b13-10+/t15-/m1/s1. The van der Waals surface area contributed by atoms with Crippen LogP contribution < -0.4 is 0 Å². The van der Waals surface area contributed by atoms with Gasteiger partial charge in [0.15, 0.2) is 5.78 Å². The van der Waals surface area contributed by atoms with Crippen molar-refractivity contribution < 1.29 is 9.72 Å². The highest BCUT2D eigenvalue weighted by molar-refractivity contribution is 6.02. The molecule has 0 aliphatic heterocycles. The number of non-ortho nitro benzene ring substituents is 1. The minimum absolute atomic E-state index is 0.0381. The van der Waals surface area contributed by atoms with Crippen molar-refractivity contribution in [3.8, 4) is 0 Å². The predicted molar refractivity (Wildman–Crippen MR) is 82.9 cm³/mol. The SMILES string of the molecule is CC(C)(C)[C@@H]1CCC/C(=C\c2cccc([N+](=O)[O-])c2)C1=O. The second-order valence-electron chi connectivity index (χ2n) is 6.70. The fraction of sp³-hybridized carbons (Fsp3) is 0.471. The number of benzene rings is 1. The van der Waals surface area contributed by atoms with Gasteiger partial charge in [0, 0.05) is 18.1 Å². The van der Waals surface area contributed by atoms with Gasteiger partial charge in [-0.3, -0.25) is 14.9 Å². The number of nitrogens with zero attached hydrogens (tertiary/aromatic N) is 1. The molecule has 1 aliphatic carbocycles. The van der Waals surface area contributed by atoms with E-state index in [9.17, 15) is 14.9 Å². The van der Waals surface area contributed by atoms with Crippen LogP contribution in [0.1, 0.15) is 45.6 Å². The molecule has 1 aromatic rings. The molecule has 4 heteroatoms. The van der Waals surface area contributed by atoms with Crippen molar-refractivity contribution in [2.75, 3.05) is 0 Å². The lowest BCUT2D eigenvalue weighted by Crippen LogP contribution is -2.32. The van der Waals surface area contributed by atoms with Crippen LogP contribution in [0, 0.1) is 21.4 Å². The molecule has 0 unspecified atom stereocenters. The minimum Gasteiger partial charge on any atom is -0.294 e. The molecule has 0 bridgehead atoms. The van der Waals surface area contributed by atoms with Crippen LogP contribution in [0.4, 0.5) is 5.69 Å². The largest absolute Gasteiger partial charge is 0.294 e. The molecule has 0 aromatic heterocycles. The Hall–Kier alpha value is -1.97. The maximum atomic E-state index is 12.6. The lowest BCUT2D eigenvalue weighted by atomic mass is 9.70. The average Bonchev–Trinajstić information content (AvgIpc) is 2.40. The van der Waals surface area contributed by atoms with Crippen LogP contribution in [-0.4, -0.2) is 10.7 Å². The van der Waals surface area contributed by atoms with Crippen molar-refractivity contribution >= 4 is 17.5 Å². The van der Waals surface area contributed by atoms with Crippen molar-refractivity contribution in [2.45, 2.75) is 40.0 Å². The van der Waals surface area contributed by atoms with Crippen molar-refractivity contribution in [1.29, 1.82) is 0 Å². The molecule has 21 heavy (non-hydrogen) atoms. The molecular weight excluding hydrogens is 266 g/mol. The number of hydrogen-bond donors (Lipinski definition) is 0. The van der Waals surface area contributed by atoms with Gasteiger partial charge in [0.2, 0.25) is 0 Å². The van der Waals surface area contributed by atoms with E-state index >= 15 is 0 Å². The van der Waals surface area contributed by atoms with Gasteiger partial charge in [-0.05, 0) is 41.9 Å². The molecule has 1 aliphatic rings. The topological polar surface area (TPSA) is 60.2 Å². The molecule has 0 spiro atoms. The van der Waals surface area contributed by atoms with Crippen LogP contribution in [0.3, 0.4) is 0 Å². The van der Waals surface area contributed by atoms with E-state index in [1.807, 2.05) is 6.08 Å². The Bertz CT molecular complexity index is 596. The number of allylic oxidation sites excluding steroid dienone is 1. The molecule has 0 radical (unpaired) electrons. The molecule has 1 fully saturated rings. The third-order valence-corrected chi connectivity index (χ3v) is 4.04. The summed E-state index contributed by atoms with van der Waals surface area (Å²) in [7, 11) is 0. The van der Waals surface area contributed by atoms with Crippen molar-refractivity contribution in [1.82, 2.24) is 0 Å². The molecule has 0 heterocycles. The highest BCUT2D eigenvalue weighted by atomic mass is 16.6. The molecule has 0 N–H and O–H groups in total. The lowest BCUT2D eigenvalue weighted by molar-refractivity contribution is -0.384. The normalized spacial score (nSPS) is 21.6. The first-order valence-corrected chi connectivity index (χ1v) is 7.28. The Labute approximate surface area is 125 Å². The molecule has 0 amide bonds. The van der Waals surface area contributed by atoms with E-state index in [0.29, 0.717) is 0 Å². The van der Waals surface area contributed by atoms with Gasteiger partial charge in [0.05, 0.1) is 4.92 Å². The number of ketones is 1. The summed E-state index contributed by atoms with van der Waals surface area (Å²) in [6, 6.07) is 6.43. The van der Waals surface area contributed by atoms with Gasteiger partial charge in [-0.2, -0.15) is 0 Å². The number of nitro benzene ring substituents is 1. The highest BCUT2D eigenvalue weighted by Gasteiger charge is 2.35. The van der Waals surface area contributed by atoms with Crippen LogP contribution in [-0.2, 0) is 4.79 Å². The van der Waals surface area contributed by atoms with Gasteiger partial charge in [-0.1, -0.05) is 32.9 Å². The van der Waals surface area contributed by atoms with E-state index in [4.69, 9.17) is 0 Å². The number of carbonyl (C=O) groups excluding carboxylic acids is 1. The number of hydrogen-bond acceptors (Lipinski definition) is 3. The Morgan fingerprint density at radius 1 is 1.33 bits per heavy atom. The number of rotatable bonds is 2. The summed E-state index contributed by atoms with van der Waals surface area (Å²) in [4.78, 5) is 23.0. The molecular formula is C17H21NO3. The quantitative estimate of drug-likeness (QED) is 0.460. The zero-order chi connectivity index (χ0) is 15.6. The summed E-state index contributed by atoms with van der Waals surface area (Å²) in [6.07, 6.45) is 4.49. The number of carbonyl (C=O) groups is 1. The van der Waals surface area contributed by atoms with E-state index in [-0.39, 0.29) is 22.8 Å². The zero-order valence-electron chi connectivity index (χ0n) is 12.8. The van der Waals surface area contributed by atoms with Crippen LogP contribution in [0.2, 0.25) is 0 Å².